The molecule has 1 aliphatic carbocycles. The van der Waals surface area contributed by atoms with E-state index in [2.05, 4.69) is 15.3 Å². The van der Waals surface area contributed by atoms with Crippen LogP contribution in [0, 0.1) is 5.92 Å². The average Bonchev–Trinajstić information content (AvgIpc) is 2.70. The third kappa shape index (κ3) is 2.22. The summed E-state index contributed by atoms with van der Waals surface area (Å²) in [6.45, 7) is 0.829. The van der Waals surface area contributed by atoms with Crippen LogP contribution >= 0.6 is 22.9 Å². The predicted molar refractivity (Wildman–Crippen MR) is 69.6 cm³/mol. The molecule has 0 unspecified atom stereocenters. The lowest BCUT2D eigenvalue weighted by molar-refractivity contribution is 0.0486. The van der Waals surface area contributed by atoms with Crippen molar-refractivity contribution in [2.24, 2.45) is 5.92 Å². The van der Waals surface area contributed by atoms with E-state index in [-0.39, 0.29) is 11.4 Å². The third-order valence-electron chi connectivity index (χ3n) is 3.07. The van der Waals surface area contributed by atoms with E-state index >= 15 is 0 Å². The summed E-state index contributed by atoms with van der Waals surface area (Å²) in [5, 5.41) is 15.8. The first-order valence-corrected chi connectivity index (χ1v) is 6.81. The van der Waals surface area contributed by atoms with E-state index in [0.717, 1.165) is 35.4 Å². The van der Waals surface area contributed by atoms with Crippen molar-refractivity contribution in [1.82, 2.24) is 9.97 Å². The molecule has 0 radical (unpaired) electrons. The summed E-state index contributed by atoms with van der Waals surface area (Å²) in [6.07, 6.45) is 1.63. The smallest absolute Gasteiger partial charge is 0.225 e. The van der Waals surface area contributed by atoms with Crippen molar-refractivity contribution < 1.29 is 5.11 Å². The van der Waals surface area contributed by atoms with Gasteiger partial charge in [0.1, 0.15) is 10.6 Å². The second-order valence-electron chi connectivity index (χ2n) is 4.35. The van der Waals surface area contributed by atoms with Crippen molar-refractivity contribution in [1.29, 1.82) is 0 Å². The molecule has 1 fully saturated rings. The van der Waals surface area contributed by atoms with Crippen LogP contribution in [0.25, 0.3) is 10.2 Å². The Kier molecular flexibility index (Phi) is 2.90. The van der Waals surface area contributed by atoms with Crippen molar-refractivity contribution in [3.8, 4) is 0 Å². The summed E-state index contributed by atoms with van der Waals surface area (Å²) in [7, 11) is 0. The van der Waals surface area contributed by atoms with Gasteiger partial charge in [-0.3, -0.25) is 0 Å². The van der Waals surface area contributed by atoms with Crippen LogP contribution in [0.4, 0.5) is 5.82 Å². The van der Waals surface area contributed by atoms with Crippen molar-refractivity contribution in [2.45, 2.75) is 18.9 Å². The molecule has 0 bridgehead atoms. The average molecular weight is 270 g/mol. The van der Waals surface area contributed by atoms with Gasteiger partial charge in [-0.05, 0) is 41.8 Å². The second-order valence-corrected chi connectivity index (χ2v) is 5.59. The normalized spacial score (nSPS) is 23.6. The largest absolute Gasteiger partial charge is 0.393 e. The Bertz CT molecular complexity index is 538. The molecule has 90 valence electrons. The van der Waals surface area contributed by atoms with E-state index in [4.69, 9.17) is 11.6 Å². The highest BCUT2D eigenvalue weighted by Gasteiger charge is 2.26. The molecule has 3 rings (SSSR count). The lowest BCUT2D eigenvalue weighted by Crippen LogP contribution is -2.33. The van der Waals surface area contributed by atoms with Crippen LogP contribution in [0.3, 0.4) is 0 Å². The maximum absolute atomic E-state index is 9.23. The van der Waals surface area contributed by atoms with E-state index in [1.807, 2.05) is 11.4 Å². The molecule has 6 heteroatoms. The van der Waals surface area contributed by atoms with E-state index in [1.54, 1.807) is 11.3 Å². The van der Waals surface area contributed by atoms with Crippen LogP contribution < -0.4 is 5.32 Å². The Morgan fingerprint density at radius 2 is 2.29 bits per heavy atom. The van der Waals surface area contributed by atoms with Crippen molar-refractivity contribution in [3.63, 3.8) is 0 Å². The highest BCUT2D eigenvalue weighted by Crippen LogP contribution is 2.30. The maximum atomic E-state index is 9.23. The standard InChI is InChI=1S/C11H12ClN3OS/c12-11-14-9(8-1-2-17-10(8)15-11)13-5-6-3-7(16)4-6/h1-2,6-7,16H,3-5H2,(H,13,14,15). The molecule has 0 saturated heterocycles. The number of fused-ring (bicyclic) bond motifs is 1. The van der Waals surface area contributed by atoms with E-state index < -0.39 is 0 Å². The van der Waals surface area contributed by atoms with Gasteiger partial charge >= 0.3 is 0 Å². The van der Waals surface area contributed by atoms with Gasteiger partial charge in [0.15, 0.2) is 0 Å². The van der Waals surface area contributed by atoms with Crippen LogP contribution in [0.15, 0.2) is 11.4 Å². The Morgan fingerprint density at radius 3 is 3.06 bits per heavy atom. The first-order valence-electron chi connectivity index (χ1n) is 5.55. The number of hydrogen-bond acceptors (Lipinski definition) is 5. The zero-order valence-corrected chi connectivity index (χ0v) is 10.6. The molecule has 2 aromatic heterocycles. The monoisotopic (exact) mass is 269 g/mol. The number of halogens is 1. The molecule has 0 aliphatic heterocycles. The van der Waals surface area contributed by atoms with Crippen LogP contribution in [0.2, 0.25) is 5.28 Å². The highest BCUT2D eigenvalue weighted by atomic mass is 35.5. The minimum absolute atomic E-state index is 0.114. The number of aliphatic hydroxyl groups excluding tert-OH is 1. The molecule has 2 N–H and O–H groups in total. The number of aromatic nitrogens is 2. The van der Waals surface area contributed by atoms with E-state index in [9.17, 15) is 5.11 Å². The molecule has 2 heterocycles. The number of anilines is 1. The fraction of sp³-hybridized carbons (Fsp3) is 0.455. The molecule has 1 aliphatic rings. The summed E-state index contributed by atoms with van der Waals surface area (Å²) in [4.78, 5) is 9.28. The van der Waals surface area contributed by atoms with Crippen LogP contribution in [0.1, 0.15) is 12.8 Å². The van der Waals surface area contributed by atoms with Crippen LogP contribution in [-0.4, -0.2) is 27.7 Å². The third-order valence-corrected chi connectivity index (χ3v) is 4.04. The van der Waals surface area contributed by atoms with E-state index in [0.29, 0.717) is 5.92 Å². The highest BCUT2D eigenvalue weighted by molar-refractivity contribution is 7.16. The Balaban J connectivity index is 1.77. The van der Waals surface area contributed by atoms with Crippen LogP contribution in [0.5, 0.6) is 0 Å². The first kappa shape index (κ1) is 11.2. The summed E-state index contributed by atoms with van der Waals surface area (Å²) in [5.41, 5.74) is 0. The lowest BCUT2D eigenvalue weighted by Gasteiger charge is -2.31. The Morgan fingerprint density at radius 1 is 1.47 bits per heavy atom. The van der Waals surface area contributed by atoms with Gasteiger partial charge < -0.3 is 10.4 Å². The van der Waals surface area contributed by atoms with Gasteiger partial charge in [0.2, 0.25) is 5.28 Å². The summed E-state index contributed by atoms with van der Waals surface area (Å²) in [6, 6.07) is 1.99. The number of nitrogens with zero attached hydrogens (tertiary/aromatic N) is 2. The summed E-state index contributed by atoms with van der Waals surface area (Å²) >= 11 is 7.43. The molecule has 0 spiro atoms. The lowest BCUT2D eigenvalue weighted by atomic mass is 9.82. The van der Waals surface area contributed by atoms with Gasteiger partial charge in [-0.2, -0.15) is 0 Å². The molecule has 0 amide bonds. The number of thiophene rings is 1. The Labute approximate surface area is 108 Å². The van der Waals surface area contributed by atoms with Crippen molar-refractivity contribution in [2.75, 3.05) is 11.9 Å². The van der Waals surface area contributed by atoms with E-state index in [1.165, 1.54) is 0 Å². The molecule has 0 atom stereocenters. The molecular weight excluding hydrogens is 258 g/mol. The number of nitrogens with one attached hydrogen (secondary N) is 1. The number of rotatable bonds is 3. The minimum Gasteiger partial charge on any atom is -0.393 e. The molecule has 17 heavy (non-hydrogen) atoms. The van der Waals surface area contributed by atoms with Crippen LogP contribution in [-0.2, 0) is 0 Å². The predicted octanol–water partition coefficient (Wildman–Crippen LogP) is 2.53. The molecule has 1 saturated carbocycles. The molecular formula is C11H12ClN3OS. The Hall–Kier alpha value is -0.910. The summed E-state index contributed by atoms with van der Waals surface area (Å²) in [5.74, 6) is 1.33. The van der Waals surface area contributed by atoms with Gasteiger partial charge in [-0.15, -0.1) is 11.3 Å². The first-order chi connectivity index (χ1) is 8.22. The summed E-state index contributed by atoms with van der Waals surface area (Å²) < 4.78 is 0. The number of hydrogen-bond donors (Lipinski definition) is 2. The van der Waals surface area contributed by atoms with Gasteiger partial charge in [-0.25, -0.2) is 9.97 Å². The zero-order chi connectivity index (χ0) is 11.8. The minimum atomic E-state index is -0.114. The van der Waals surface area contributed by atoms with Crippen molar-refractivity contribution in [3.05, 3.63) is 16.7 Å². The topological polar surface area (TPSA) is 58.0 Å². The SMILES string of the molecule is OC1CC(CNc2nc(Cl)nc3sccc23)C1. The van der Waals surface area contributed by atoms with Crippen molar-refractivity contribution >= 4 is 39.0 Å². The molecule has 2 aromatic rings. The molecule has 0 aromatic carbocycles. The zero-order valence-electron chi connectivity index (χ0n) is 9.06. The quantitative estimate of drug-likeness (QED) is 0.841. The van der Waals surface area contributed by atoms with Gasteiger partial charge in [-0.1, -0.05) is 0 Å². The second kappa shape index (κ2) is 4.40. The van der Waals surface area contributed by atoms with Gasteiger partial charge in [0.25, 0.3) is 0 Å². The van der Waals surface area contributed by atoms with Gasteiger partial charge in [0, 0.05) is 6.54 Å². The fourth-order valence-electron chi connectivity index (χ4n) is 2.07. The maximum Gasteiger partial charge on any atom is 0.225 e. The number of aliphatic hydroxyl groups is 1. The fourth-order valence-corrected chi connectivity index (χ4v) is 3.06. The molecule has 4 nitrogen and oxygen atoms in total. The van der Waals surface area contributed by atoms with Gasteiger partial charge in [0.05, 0.1) is 11.5 Å².